The Labute approximate surface area is 169 Å². The van der Waals surface area contributed by atoms with Gasteiger partial charge in [0.05, 0.1) is 25.0 Å². The Kier molecular flexibility index (Phi) is 5.75. The minimum atomic E-state index is -0.0912. The molecule has 1 aromatic heterocycles. The Bertz CT molecular complexity index is 835. The number of carbonyl (C=O) groups excluding carboxylic acids is 1. The van der Waals surface area contributed by atoms with Crippen LogP contribution in [0.25, 0.3) is 0 Å². The summed E-state index contributed by atoms with van der Waals surface area (Å²) in [7, 11) is 0. The number of hydrogen-bond donors (Lipinski definition) is 1. The molecule has 1 aliphatic heterocycles. The molecule has 1 N–H and O–H groups in total. The fourth-order valence-electron chi connectivity index (χ4n) is 3.29. The van der Waals surface area contributed by atoms with Crippen molar-refractivity contribution in [1.29, 1.82) is 0 Å². The zero-order valence-corrected chi connectivity index (χ0v) is 17.1. The predicted octanol–water partition coefficient (Wildman–Crippen LogP) is 3.38. The van der Waals surface area contributed by atoms with Crippen LogP contribution in [0.15, 0.2) is 29.7 Å². The van der Waals surface area contributed by atoms with Crippen LogP contribution in [0.5, 0.6) is 11.5 Å². The summed E-state index contributed by atoms with van der Waals surface area (Å²) in [6, 6.07) is 6.35. The molecule has 1 saturated carbocycles. The van der Waals surface area contributed by atoms with Gasteiger partial charge in [0, 0.05) is 12.5 Å². The van der Waals surface area contributed by atoms with E-state index in [1.807, 2.05) is 18.2 Å². The van der Waals surface area contributed by atoms with E-state index in [2.05, 4.69) is 33.9 Å². The van der Waals surface area contributed by atoms with Gasteiger partial charge in [-0.2, -0.15) is 0 Å². The van der Waals surface area contributed by atoms with Crippen LogP contribution >= 0.6 is 11.8 Å². The van der Waals surface area contributed by atoms with Crippen molar-refractivity contribution in [2.75, 3.05) is 19.0 Å². The van der Waals surface area contributed by atoms with Crippen LogP contribution < -0.4 is 14.8 Å². The monoisotopic (exact) mass is 402 g/mol. The van der Waals surface area contributed by atoms with Crippen LogP contribution in [0.3, 0.4) is 0 Å². The number of hydrogen-bond acceptors (Lipinski definition) is 6. The molecular formula is C20H26N4O3S. The van der Waals surface area contributed by atoms with E-state index in [9.17, 15) is 4.79 Å². The molecule has 8 heteroatoms. The summed E-state index contributed by atoms with van der Waals surface area (Å²) >= 11 is 1.44. The molecular weight excluding hydrogens is 376 g/mol. The molecule has 0 unspecified atom stereocenters. The highest BCUT2D eigenvalue weighted by molar-refractivity contribution is 7.99. The number of amides is 1. The summed E-state index contributed by atoms with van der Waals surface area (Å²) in [6.45, 7) is 5.52. The van der Waals surface area contributed by atoms with Crippen molar-refractivity contribution >= 4 is 17.7 Å². The molecule has 1 atom stereocenters. The minimum Gasteiger partial charge on any atom is -0.490 e. The number of fused-ring (bicyclic) bond motifs is 1. The Morgan fingerprint density at radius 1 is 1.29 bits per heavy atom. The largest absolute Gasteiger partial charge is 0.490 e. The Morgan fingerprint density at radius 3 is 2.82 bits per heavy atom. The van der Waals surface area contributed by atoms with Gasteiger partial charge in [0.2, 0.25) is 5.91 Å². The van der Waals surface area contributed by atoms with Gasteiger partial charge in [0.25, 0.3) is 0 Å². The summed E-state index contributed by atoms with van der Waals surface area (Å²) in [4.78, 5) is 12.6. The fourth-order valence-corrected chi connectivity index (χ4v) is 4.09. The second kappa shape index (κ2) is 8.43. The quantitative estimate of drug-likeness (QED) is 0.716. The summed E-state index contributed by atoms with van der Waals surface area (Å²) in [5.41, 5.74) is 1.03. The first-order valence-corrected chi connectivity index (χ1v) is 10.8. The van der Waals surface area contributed by atoms with Crippen molar-refractivity contribution in [2.24, 2.45) is 5.92 Å². The molecule has 7 nitrogen and oxygen atoms in total. The number of aromatic nitrogens is 3. The van der Waals surface area contributed by atoms with Crippen LogP contribution in [0.2, 0.25) is 0 Å². The highest BCUT2D eigenvalue weighted by Crippen LogP contribution is 2.37. The molecule has 150 valence electrons. The molecule has 28 heavy (non-hydrogen) atoms. The molecule has 2 heterocycles. The second-order valence-electron chi connectivity index (χ2n) is 7.59. The third-order valence-electron chi connectivity index (χ3n) is 4.93. The van der Waals surface area contributed by atoms with E-state index in [4.69, 9.17) is 9.47 Å². The van der Waals surface area contributed by atoms with Crippen molar-refractivity contribution in [2.45, 2.75) is 50.4 Å². The maximum absolute atomic E-state index is 12.6. The van der Waals surface area contributed by atoms with Crippen LogP contribution in [0.4, 0.5) is 0 Å². The predicted molar refractivity (Wildman–Crippen MR) is 107 cm³/mol. The maximum Gasteiger partial charge on any atom is 0.230 e. The molecule has 1 fully saturated rings. The molecule has 0 saturated heterocycles. The van der Waals surface area contributed by atoms with Gasteiger partial charge >= 0.3 is 0 Å². The van der Waals surface area contributed by atoms with Gasteiger partial charge in [-0.25, -0.2) is 0 Å². The number of nitrogens with zero attached hydrogens (tertiary/aromatic N) is 3. The SMILES string of the molecule is CC(C)[C@H](NC(=O)CSc1nncn1C1CC1)c1ccc2c(c1)OCCCO2. The summed E-state index contributed by atoms with van der Waals surface area (Å²) in [6.07, 6.45) is 4.96. The van der Waals surface area contributed by atoms with E-state index in [1.54, 1.807) is 6.33 Å². The van der Waals surface area contributed by atoms with E-state index < -0.39 is 0 Å². The lowest BCUT2D eigenvalue weighted by Crippen LogP contribution is -2.33. The first kappa shape index (κ1) is 19.1. The Balaban J connectivity index is 1.41. The molecule has 0 radical (unpaired) electrons. The third kappa shape index (κ3) is 4.43. The van der Waals surface area contributed by atoms with Crippen molar-refractivity contribution in [1.82, 2.24) is 20.1 Å². The van der Waals surface area contributed by atoms with Gasteiger partial charge < -0.3 is 19.4 Å². The number of rotatable bonds is 7. The van der Waals surface area contributed by atoms with Gasteiger partial charge in [-0.15, -0.1) is 10.2 Å². The third-order valence-corrected chi connectivity index (χ3v) is 5.88. The number of carbonyl (C=O) groups is 1. The number of nitrogens with one attached hydrogen (secondary N) is 1. The molecule has 0 spiro atoms. The second-order valence-corrected chi connectivity index (χ2v) is 8.53. The average Bonchev–Trinajstić information content (AvgIpc) is 3.46. The lowest BCUT2D eigenvalue weighted by Gasteiger charge is -2.24. The van der Waals surface area contributed by atoms with Crippen molar-refractivity contribution in [3.05, 3.63) is 30.1 Å². The standard InChI is InChI=1S/C20H26N4O3S/c1-13(2)19(14-4-7-16-17(10-14)27-9-3-8-26-16)22-18(25)11-28-20-23-21-12-24(20)15-5-6-15/h4,7,10,12-13,15,19H,3,5-6,8-9,11H2,1-2H3,(H,22,25)/t19-/m0/s1. The van der Waals surface area contributed by atoms with Crippen molar-refractivity contribution in [3.63, 3.8) is 0 Å². The minimum absolute atomic E-state index is 0.0128. The normalized spacial score (nSPS) is 17.2. The summed E-state index contributed by atoms with van der Waals surface area (Å²) < 4.78 is 13.6. The lowest BCUT2D eigenvalue weighted by molar-refractivity contribution is -0.119. The van der Waals surface area contributed by atoms with Crippen LogP contribution in [0.1, 0.15) is 50.8 Å². The highest BCUT2D eigenvalue weighted by atomic mass is 32.2. The van der Waals surface area contributed by atoms with Crippen LogP contribution in [-0.2, 0) is 4.79 Å². The first-order chi connectivity index (χ1) is 13.6. The lowest BCUT2D eigenvalue weighted by atomic mass is 9.95. The van der Waals surface area contributed by atoms with Gasteiger partial charge in [0.15, 0.2) is 16.7 Å². The number of ether oxygens (including phenoxy) is 2. The van der Waals surface area contributed by atoms with Gasteiger partial charge in [-0.3, -0.25) is 4.79 Å². The molecule has 4 rings (SSSR count). The molecule has 1 aliphatic carbocycles. The van der Waals surface area contributed by atoms with E-state index in [0.717, 1.165) is 41.5 Å². The molecule has 0 bridgehead atoms. The Morgan fingerprint density at radius 2 is 2.07 bits per heavy atom. The zero-order valence-electron chi connectivity index (χ0n) is 16.3. The van der Waals surface area contributed by atoms with E-state index in [-0.39, 0.29) is 17.9 Å². The summed E-state index contributed by atoms with van der Waals surface area (Å²) in [5.74, 6) is 2.07. The van der Waals surface area contributed by atoms with Gasteiger partial charge in [0.1, 0.15) is 6.33 Å². The van der Waals surface area contributed by atoms with Gasteiger partial charge in [-0.05, 0) is 36.5 Å². The highest BCUT2D eigenvalue weighted by Gasteiger charge is 2.27. The van der Waals surface area contributed by atoms with Gasteiger partial charge in [-0.1, -0.05) is 31.7 Å². The zero-order chi connectivity index (χ0) is 19.5. The number of thioether (sulfide) groups is 1. The van der Waals surface area contributed by atoms with E-state index in [0.29, 0.717) is 25.0 Å². The molecule has 1 aromatic carbocycles. The molecule has 1 amide bonds. The smallest absolute Gasteiger partial charge is 0.230 e. The molecule has 2 aliphatic rings. The van der Waals surface area contributed by atoms with Crippen molar-refractivity contribution in [3.8, 4) is 11.5 Å². The van der Waals surface area contributed by atoms with E-state index >= 15 is 0 Å². The summed E-state index contributed by atoms with van der Waals surface area (Å²) in [5, 5.41) is 12.1. The van der Waals surface area contributed by atoms with Crippen LogP contribution in [-0.4, -0.2) is 39.6 Å². The molecule has 2 aromatic rings. The maximum atomic E-state index is 12.6. The Hall–Kier alpha value is -2.22. The topological polar surface area (TPSA) is 78.3 Å². The number of benzene rings is 1. The first-order valence-electron chi connectivity index (χ1n) is 9.83. The van der Waals surface area contributed by atoms with E-state index in [1.165, 1.54) is 11.8 Å². The average molecular weight is 403 g/mol. The fraction of sp³-hybridized carbons (Fsp3) is 0.550. The van der Waals surface area contributed by atoms with Crippen LogP contribution in [0, 0.1) is 5.92 Å². The van der Waals surface area contributed by atoms with Crippen molar-refractivity contribution < 1.29 is 14.3 Å².